The second-order valence-electron chi connectivity index (χ2n) is 4.61. The van der Waals surface area contributed by atoms with E-state index in [2.05, 4.69) is 14.1 Å². The quantitative estimate of drug-likeness (QED) is 0.766. The molecule has 0 atom stereocenters. The summed E-state index contributed by atoms with van der Waals surface area (Å²) >= 11 is 0. The molecule has 1 heterocycles. The first-order valence-electron chi connectivity index (χ1n) is 6.24. The second kappa shape index (κ2) is 6.64. The molecule has 0 radical (unpaired) electrons. The van der Waals surface area contributed by atoms with Crippen molar-refractivity contribution in [2.24, 2.45) is 0 Å². The Bertz CT molecular complexity index is 675. The first-order chi connectivity index (χ1) is 9.92. The first-order valence-corrected chi connectivity index (χ1v) is 7.55. The van der Waals surface area contributed by atoms with Crippen LogP contribution in [0.4, 0.5) is 3.89 Å². The van der Waals surface area contributed by atoms with E-state index in [-0.39, 0.29) is 5.75 Å². The zero-order valence-electron chi connectivity index (χ0n) is 11.4. The molecule has 0 aliphatic rings. The highest BCUT2D eigenvalue weighted by Gasteiger charge is 2.09. The fourth-order valence-electron chi connectivity index (χ4n) is 1.90. The maximum Gasteiger partial charge on any atom is 0.488 e. The van der Waals surface area contributed by atoms with Gasteiger partial charge in [0.05, 0.1) is 5.69 Å². The van der Waals surface area contributed by atoms with Gasteiger partial charge in [-0.05, 0) is 36.9 Å². The Kier molecular flexibility index (Phi) is 4.87. The lowest BCUT2D eigenvalue weighted by atomic mass is 10.2. The molecule has 0 unspecified atom stereocenters. The highest BCUT2D eigenvalue weighted by molar-refractivity contribution is 7.81. The number of aromatic nitrogens is 1. The highest BCUT2D eigenvalue weighted by Crippen LogP contribution is 2.16. The summed E-state index contributed by atoms with van der Waals surface area (Å²) in [6, 6.07) is 12.0. The van der Waals surface area contributed by atoms with Crippen molar-refractivity contribution in [1.29, 1.82) is 0 Å². The van der Waals surface area contributed by atoms with Gasteiger partial charge in [0, 0.05) is 19.3 Å². The normalized spacial score (nSPS) is 11.6. The maximum absolute atomic E-state index is 12.4. The number of benzene rings is 1. The molecule has 0 aliphatic carbocycles. The van der Waals surface area contributed by atoms with Crippen LogP contribution in [0.5, 0.6) is 5.75 Å². The second-order valence-corrected chi connectivity index (χ2v) is 5.57. The fourth-order valence-corrected chi connectivity index (χ4v) is 2.24. The summed E-state index contributed by atoms with van der Waals surface area (Å²) in [5, 5.41) is 0. The van der Waals surface area contributed by atoms with Crippen molar-refractivity contribution in [3.8, 4) is 5.75 Å². The summed E-state index contributed by atoms with van der Waals surface area (Å²) in [6.45, 7) is 1.34. The molecule has 0 bridgehead atoms. The number of halogens is 1. The van der Waals surface area contributed by atoms with Crippen molar-refractivity contribution in [3.63, 3.8) is 0 Å². The minimum absolute atomic E-state index is 0.0476. The van der Waals surface area contributed by atoms with Gasteiger partial charge in [-0.2, -0.15) is 8.42 Å². The van der Waals surface area contributed by atoms with Crippen molar-refractivity contribution in [1.82, 2.24) is 9.88 Å². The molecule has 0 aliphatic heterocycles. The molecule has 7 heteroatoms. The van der Waals surface area contributed by atoms with E-state index >= 15 is 0 Å². The van der Waals surface area contributed by atoms with Crippen molar-refractivity contribution >= 4 is 10.5 Å². The lowest BCUT2D eigenvalue weighted by Gasteiger charge is -2.16. The van der Waals surface area contributed by atoms with Gasteiger partial charge in [0.25, 0.3) is 0 Å². The largest absolute Gasteiger partial charge is 0.488 e. The van der Waals surface area contributed by atoms with E-state index in [1.165, 1.54) is 12.1 Å². The number of hydrogen-bond acceptors (Lipinski definition) is 5. The van der Waals surface area contributed by atoms with Crippen LogP contribution in [0.1, 0.15) is 11.3 Å². The van der Waals surface area contributed by atoms with Crippen LogP contribution in [0, 0.1) is 0 Å². The van der Waals surface area contributed by atoms with E-state index in [9.17, 15) is 12.3 Å². The SMILES string of the molecule is CN(Cc1ccc(OS(=O)(=O)F)cc1)Cc1ccccn1. The summed E-state index contributed by atoms with van der Waals surface area (Å²) < 4.78 is 37.2. The average Bonchev–Trinajstić information content (AvgIpc) is 2.40. The van der Waals surface area contributed by atoms with Gasteiger partial charge in [-0.25, -0.2) is 0 Å². The topological polar surface area (TPSA) is 59.5 Å². The van der Waals surface area contributed by atoms with E-state index in [4.69, 9.17) is 0 Å². The average molecular weight is 310 g/mol. The van der Waals surface area contributed by atoms with E-state index in [1.54, 1.807) is 18.3 Å². The summed E-state index contributed by atoms with van der Waals surface area (Å²) in [6.07, 6.45) is 1.74. The molecule has 1 aromatic carbocycles. The number of pyridine rings is 1. The summed E-state index contributed by atoms with van der Waals surface area (Å²) in [4.78, 5) is 6.30. The van der Waals surface area contributed by atoms with Crippen LogP contribution in [0.15, 0.2) is 48.7 Å². The van der Waals surface area contributed by atoms with Crippen LogP contribution in [-0.4, -0.2) is 25.3 Å². The summed E-state index contributed by atoms with van der Waals surface area (Å²) in [5.74, 6) is -0.0476. The molecule has 0 fully saturated rings. The van der Waals surface area contributed by atoms with Gasteiger partial charge in [-0.3, -0.25) is 9.88 Å². The smallest absolute Gasteiger partial charge is 0.358 e. The van der Waals surface area contributed by atoms with Crippen LogP contribution in [0.25, 0.3) is 0 Å². The Morgan fingerprint density at radius 1 is 1.14 bits per heavy atom. The monoisotopic (exact) mass is 310 g/mol. The molecule has 0 N–H and O–H groups in total. The molecule has 2 rings (SSSR count). The van der Waals surface area contributed by atoms with Gasteiger partial charge in [0.1, 0.15) is 5.75 Å². The van der Waals surface area contributed by atoms with E-state index < -0.39 is 10.5 Å². The van der Waals surface area contributed by atoms with Gasteiger partial charge in [-0.1, -0.05) is 22.1 Å². The Hall–Kier alpha value is -1.99. The number of rotatable bonds is 6. The van der Waals surface area contributed by atoms with Crippen LogP contribution in [0.3, 0.4) is 0 Å². The molecule has 5 nitrogen and oxygen atoms in total. The molecular formula is C14H15FN2O3S. The van der Waals surface area contributed by atoms with Crippen molar-refractivity contribution in [3.05, 3.63) is 59.9 Å². The molecule has 0 saturated carbocycles. The van der Waals surface area contributed by atoms with Crippen LogP contribution in [0.2, 0.25) is 0 Å². The molecule has 0 spiro atoms. The minimum Gasteiger partial charge on any atom is -0.358 e. The van der Waals surface area contributed by atoms with Gasteiger partial charge in [0.2, 0.25) is 0 Å². The van der Waals surface area contributed by atoms with Crippen LogP contribution < -0.4 is 4.18 Å². The van der Waals surface area contributed by atoms with E-state index in [0.29, 0.717) is 13.1 Å². The Morgan fingerprint density at radius 3 is 2.43 bits per heavy atom. The Balaban J connectivity index is 1.94. The molecule has 2 aromatic rings. The number of hydrogen-bond donors (Lipinski definition) is 0. The maximum atomic E-state index is 12.4. The van der Waals surface area contributed by atoms with Crippen LogP contribution >= 0.6 is 0 Å². The molecule has 112 valence electrons. The standard InChI is InChI=1S/C14H15FN2O3S/c1-17(11-13-4-2-3-9-16-13)10-12-5-7-14(8-6-12)20-21(15,18)19/h2-9H,10-11H2,1H3. The molecule has 21 heavy (non-hydrogen) atoms. The Labute approximate surface area is 123 Å². The number of nitrogens with zero attached hydrogens (tertiary/aromatic N) is 2. The lowest BCUT2D eigenvalue weighted by Crippen LogP contribution is -2.17. The molecular weight excluding hydrogens is 295 g/mol. The van der Waals surface area contributed by atoms with Gasteiger partial charge in [-0.15, -0.1) is 0 Å². The zero-order chi connectivity index (χ0) is 15.3. The van der Waals surface area contributed by atoms with Crippen molar-refractivity contribution < 1.29 is 16.5 Å². The third-order valence-corrected chi connectivity index (χ3v) is 3.12. The van der Waals surface area contributed by atoms with E-state index in [1.807, 2.05) is 25.2 Å². The predicted molar refractivity (Wildman–Crippen MR) is 76.5 cm³/mol. The third kappa shape index (κ3) is 5.49. The van der Waals surface area contributed by atoms with E-state index in [0.717, 1.165) is 11.3 Å². The Morgan fingerprint density at radius 2 is 1.86 bits per heavy atom. The summed E-state index contributed by atoms with van der Waals surface area (Å²) in [5.41, 5.74) is 1.92. The zero-order valence-corrected chi connectivity index (χ0v) is 12.3. The van der Waals surface area contributed by atoms with Crippen molar-refractivity contribution in [2.45, 2.75) is 13.1 Å². The highest BCUT2D eigenvalue weighted by atomic mass is 32.3. The molecule has 0 saturated heterocycles. The summed E-state index contributed by atoms with van der Waals surface area (Å²) in [7, 11) is -3.02. The van der Waals surface area contributed by atoms with Crippen molar-refractivity contribution in [2.75, 3.05) is 7.05 Å². The lowest BCUT2D eigenvalue weighted by molar-refractivity contribution is 0.315. The third-order valence-electron chi connectivity index (χ3n) is 2.73. The van der Waals surface area contributed by atoms with Gasteiger partial charge < -0.3 is 4.18 Å². The van der Waals surface area contributed by atoms with Gasteiger partial charge >= 0.3 is 10.5 Å². The minimum atomic E-state index is -4.97. The fraction of sp³-hybridized carbons (Fsp3) is 0.214. The molecule has 1 aromatic heterocycles. The van der Waals surface area contributed by atoms with Crippen LogP contribution in [-0.2, 0) is 23.6 Å². The molecule has 0 amide bonds. The first kappa shape index (κ1) is 15.4. The van der Waals surface area contributed by atoms with Gasteiger partial charge in [0.15, 0.2) is 0 Å². The predicted octanol–water partition coefficient (Wildman–Crippen LogP) is 2.31.